The summed E-state index contributed by atoms with van der Waals surface area (Å²) in [4.78, 5) is 27.9. The lowest BCUT2D eigenvalue weighted by Crippen LogP contribution is -2.51. The van der Waals surface area contributed by atoms with E-state index < -0.39 is 11.8 Å². The molecule has 1 aliphatic heterocycles. The Kier molecular flexibility index (Phi) is 3.79. The summed E-state index contributed by atoms with van der Waals surface area (Å²) in [6.45, 7) is 3.90. The van der Waals surface area contributed by atoms with Crippen LogP contribution in [0.2, 0.25) is 0 Å². The zero-order chi connectivity index (χ0) is 16.6. The first-order valence-corrected chi connectivity index (χ1v) is 7.36. The Labute approximate surface area is 138 Å². The topological polar surface area (TPSA) is 76.0 Å². The molecule has 2 amide bonds. The number of aryl methyl sites for hydroxylation is 1. The van der Waals surface area contributed by atoms with E-state index in [4.69, 9.17) is 12.2 Å². The minimum Gasteiger partial charge on any atom is -0.318 e. The Morgan fingerprint density at radius 3 is 2.35 bits per heavy atom. The van der Waals surface area contributed by atoms with E-state index in [0.717, 1.165) is 22.6 Å². The van der Waals surface area contributed by atoms with Crippen molar-refractivity contribution >= 4 is 35.2 Å². The van der Waals surface area contributed by atoms with Crippen LogP contribution in [0.5, 0.6) is 0 Å². The quantitative estimate of drug-likeness (QED) is 0.497. The molecule has 6 nitrogen and oxygen atoms in total. The molecular formula is C16H14N4O2S. The molecule has 2 aromatic heterocycles. The number of nitrogens with one attached hydrogen (secondary N) is 2. The number of rotatable bonds is 2. The maximum Gasteiger partial charge on any atom is 0.263 e. The van der Waals surface area contributed by atoms with Gasteiger partial charge in [0.2, 0.25) is 0 Å². The van der Waals surface area contributed by atoms with Gasteiger partial charge in [0.1, 0.15) is 5.57 Å². The lowest BCUT2D eigenvalue weighted by atomic mass is 10.1. The Morgan fingerprint density at radius 1 is 1.13 bits per heavy atom. The first kappa shape index (κ1) is 15.1. The lowest BCUT2D eigenvalue weighted by molar-refractivity contribution is -0.123. The van der Waals surface area contributed by atoms with Crippen molar-refractivity contribution < 1.29 is 9.59 Å². The predicted octanol–water partition coefficient (Wildman–Crippen LogP) is 1.40. The van der Waals surface area contributed by atoms with Crippen molar-refractivity contribution in [2.24, 2.45) is 0 Å². The van der Waals surface area contributed by atoms with Gasteiger partial charge in [0.05, 0.1) is 0 Å². The zero-order valence-corrected chi connectivity index (χ0v) is 13.4. The van der Waals surface area contributed by atoms with E-state index in [1.165, 1.54) is 0 Å². The van der Waals surface area contributed by atoms with Gasteiger partial charge in [-0.25, -0.2) is 0 Å². The summed E-state index contributed by atoms with van der Waals surface area (Å²) in [6, 6.07) is 5.72. The highest BCUT2D eigenvalue weighted by Crippen LogP contribution is 2.22. The molecule has 3 rings (SSSR count). The van der Waals surface area contributed by atoms with Crippen LogP contribution in [-0.2, 0) is 9.59 Å². The Bertz CT molecular complexity index is 830. The molecular weight excluding hydrogens is 312 g/mol. The Balaban J connectivity index is 2.06. The molecule has 0 radical (unpaired) electrons. The number of pyridine rings is 1. The van der Waals surface area contributed by atoms with Crippen LogP contribution in [0.15, 0.2) is 36.2 Å². The van der Waals surface area contributed by atoms with Crippen LogP contribution in [0.3, 0.4) is 0 Å². The summed E-state index contributed by atoms with van der Waals surface area (Å²) in [7, 11) is 0. The van der Waals surface area contributed by atoms with E-state index in [2.05, 4.69) is 15.6 Å². The fraction of sp³-hybridized carbons (Fsp3) is 0.125. The molecule has 0 saturated carbocycles. The second-order valence-electron chi connectivity index (χ2n) is 5.16. The van der Waals surface area contributed by atoms with E-state index in [9.17, 15) is 9.59 Å². The van der Waals surface area contributed by atoms with Gasteiger partial charge in [-0.05, 0) is 55.9 Å². The molecule has 2 aromatic rings. The van der Waals surface area contributed by atoms with E-state index >= 15 is 0 Å². The highest BCUT2D eigenvalue weighted by Gasteiger charge is 2.26. The first-order valence-electron chi connectivity index (χ1n) is 6.95. The largest absolute Gasteiger partial charge is 0.318 e. The molecule has 1 saturated heterocycles. The van der Waals surface area contributed by atoms with Crippen LogP contribution in [-0.4, -0.2) is 26.5 Å². The molecule has 3 heterocycles. The summed E-state index contributed by atoms with van der Waals surface area (Å²) in [6.07, 6.45) is 5.01. The van der Waals surface area contributed by atoms with Crippen molar-refractivity contribution in [1.82, 2.24) is 20.2 Å². The van der Waals surface area contributed by atoms with Gasteiger partial charge in [-0.15, -0.1) is 0 Å². The average molecular weight is 326 g/mol. The summed E-state index contributed by atoms with van der Waals surface area (Å²) in [5, 5.41) is 4.89. The van der Waals surface area contributed by atoms with Gasteiger partial charge in [0.25, 0.3) is 11.8 Å². The predicted molar refractivity (Wildman–Crippen MR) is 89.9 cm³/mol. The minimum atomic E-state index is -0.493. The Hall–Kier alpha value is -2.80. The summed E-state index contributed by atoms with van der Waals surface area (Å²) >= 11 is 4.79. The van der Waals surface area contributed by atoms with Crippen LogP contribution in [0, 0.1) is 13.8 Å². The number of hydrogen-bond acceptors (Lipinski definition) is 4. The van der Waals surface area contributed by atoms with Crippen LogP contribution in [0.1, 0.15) is 17.0 Å². The number of carbonyl (C=O) groups excluding carboxylic acids is 2. The molecule has 0 unspecified atom stereocenters. The maximum atomic E-state index is 11.9. The maximum absolute atomic E-state index is 11.9. The molecule has 7 heteroatoms. The van der Waals surface area contributed by atoms with Crippen LogP contribution in [0.4, 0.5) is 0 Å². The molecule has 2 N–H and O–H groups in total. The van der Waals surface area contributed by atoms with E-state index in [0.29, 0.717) is 0 Å². The van der Waals surface area contributed by atoms with Crippen LogP contribution in [0.25, 0.3) is 11.8 Å². The highest BCUT2D eigenvalue weighted by atomic mass is 32.1. The van der Waals surface area contributed by atoms with Gasteiger partial charge in [-0.2, -0.15) is 0 Å². The summed E-state index contributed by atoms with van der Waals surface area (Å²) < 4.78 is 2.04. The third kappa shape index (κ3) is 2.78. The number of hydrogen-bond donors (Lipinski definition) is 2. The van der Waals surface area contributed by atoms with E-state index in [1.54, 1.807) is 18.5 Å². The number of thiocarbonyl (C=S) groups is 1. The molecule has 23 heavy (non-hydrogen) atoms. The van der Waals surface area contributed by atoms with Crippen molar-refractivity contribution in [2.75, 3.05) is 0 Å². The standard InChI is InChI=1S/C16H14N4O2S/c1-9-7-11(8-13-14(21)18-16(23)19-15(13)22)10(2)20(9)12-3-5-17-6-4-12/h3-8H,1-2H3,(H2,18,19,21,22,23). The number of aromatic nitrogens is 2. The molecule has 0 aliphatic carbocycles. The summed E-state index contributed by atoms with van der Waals surface area (Å²) in [5.74, 6) is -0.986. The number of nitrogens with zero attached hydrogens (tertiary/aromatic N) is 2. The SMILES string of the molecule is Cc1cc(C=C2C(=O)NC(=S)NC2=O)c(C)n1-c1ccncc1. The van der Waals surface area contributed by atoms with Crippen LogP contribution < -0.4 is 10.6 Å². The van der Waals surface area contributed by atoms with Crippen molar-refractivity contribution in [3.63, 3.8) is 0 Å². The van der Waals surface area contributed by atoms with E-state index in [-0.39, 0.29) is 10.7 Å². The second-order valence-corrected chi connectivity index (χ2v) is 5.57. The van der Waals surface area contributed by atoms with Gasteiger partial charge in [0, 0.05) is 29.5 Å². The Morgan fingerprint density at radius 2 is 1.74 bits per heavy atom. The van der Waals surface area contributed by atoms with Gasteiger partial charge in [0.15, 0.2) is 5.11 Å². The van der Waals surface area contributed by atoms with Crippen molar-refractivity contribution in [3.05, 3.63) is 53.1 Å². The van der Waals surface area contributed by atoms with E-state index in [1.807, 2.05) is 36.6 Å². The van der Waals surface area contributed by atoms with Crippen molar-refractivity contribution in [1.29, 1.82) is 0 Å². The van der Waals surface area contributed by atoms with Gasteiger partial charge >= 0.3 is 0 Å². The second kappa shape index (κ2) is 5.77. The summed E-state index contributed by atoms with van der Waals surface area (Å²) in [5.41, 5.74) is 3.72. The average Bonchev–Trinajstić information content (AvgIpc) is 2.78. The molecule has 116 valence electrons. The van der Waals surface area contributed by atoms with Gasteiger partial charge in [-0.3, -0.25) is 25.2 Å². The van der Waals surface area contributed by atoms with Gasteiger partial charge in [-0.1, -0.05) is 0 Å². The third-order valence-corrected chi connectivity index (χ3v) is 3.84. The normalized spacial score (nSPS) is 14.5. The number of carbonyl (C=O) groups is 2. The minimum absolute atomic E-state index is 0.0272. The van der Waals surface area contributed by atoms with Crippen molar-refractivity contribution in [2.45, 2.75) is 13.8 Å². The monoisotopic (exact) mass is 326 g/mol. The molecule has 0 bridgehead atoms. The third-order valence-electron chi connectivity index (χ3n) is 3.63. The molecule has 0 aromatic carbocycles. The smallest absolute Gasteiger partial charge is 0.263 e. The van der Waals surface area contributed by atoms with Gasteiger partial charge < -0.3 is 4.57 Å². The fourth-order valence-corrected chi connectivity index (χ4v) is 2.77. The molecule has 0 atom stereocenters. The van der Waals surface area contributed by atoms with Crippen LogP contribution >= 0.6 is 12.2 Å². The molecule has 1 aliphatic rings. The van der Waals surface area contributed by atoms with Crippen molar-refractivity contribution in [3.8, 4) is 5.69 Å². The zero-order valence-electron chi connectivity index (χ0n) is 12.6. The fourth-order valence-electron chi connectivity index (χ4n) is 2.59. The molecule has 1 fully saturated rings. The first-order chi connectivity index (χ1) is 11.0. The highest BCUT2D eigenvalue weighted by molar-refractivity contribution is 7.80. The molecule has 0 spiro atoms. The number of amides is 2. The lowest BCUT2D eigenvalue weighted by Gasteiger charge is -2.16.